The van der Waals surface area contributed by atoms with Gasteiger partial charge in [0.25, 0.3) is 0 Å². The summed E-state index contributed by atoms with van der Waals surface area (Å²) in [6.07, 6.45) is 6.97. The molecule has 9 heteroatoms. The smallest absolute Gasteiger partial charge is 0.321 e. The number of carbonyl (C=O) groups is 2. The van der Waals surface area contributed by atoms with Crippen LogP contribution in [-0.2, 0) is 11.8 Å². The van der Waals surface area contributed by atoms with Gasteiger partial charge in [0.2, 0.25) is 5.91 Å². The molecule has 1 saturated carbocycles. The zero-order chi connectivity index (χ0) is 18.5. The Balaban J connectivity index is 1.53. The molecule has 26 heavy (non-hydrogen) atoms. The van der Waals surface area contributed by atoms with Crippen molar-refractivity contribution in [1.82, 2.24) is 25.4 Å². The zero-order valence-electron chi connectivity index (χ0n) is 14.9. The minimum atomic E-state index is -0.487. The van der Waals surface area contributed by atoms with E-state index < -0.39 is 11.3 Å². The monoisotopic (exact) mass is 377 g/mol. The van der Waals surface area contributed by atoms with E-state index in [2.05, 4.69) is 20.8 Å². The molecular weight excluding hydrogens is 354 g/mol. The molecule has 0 radical (unpaired) electrons. The summed E-state index contributed by atoms with van der Waals surface area (Å²) in [6.45, 7) is 1.73. The first-order valence-corrected chi connectivity index (χ1v) is 9.64. The lowest BCUT2D eigenvalue weighted by Crippen LogP contribution is -2.47. The number of aromatic nitrogens is 3. The molecular formula is C17H23N5O3S. The van der Waals surface area contributed by atoms with E-state index in [1.807, 2.05) is 0 Å². The van der Waals surface area contributed by atoms with Crippen LogP contribution in [0.25, 0.3) is 11.6 Å². The third-order valence-electron chi connectivity index (χ3n) is 4.40. The molecule has 8 nitrogen and oxygen atoms in total. The van der Waals surface area contributed by atoms with Crippen LogP contribution >= 0.6 is 11.8 Å². The van der Waals surface area contributed by atoms with Gasteiger partial charge in [0, 0.05) is 13.1 Å². The number of amides is 3. The van der Waals surface area contributed by atoms with Crippen LogP contribution < -0.4 is 10.6 Å². The van der Waals surface area contributed by atoms with Gasteiger partial charge >= 0.3 is 6.03 Å². The molecule has 3 rings (SSSR count). The van der Waals surface area contributed by atoms with Crippen molar-refractivity contribution in [1.29, 1.82) is 0 Å². The molecule has 2 aromatic rings. The maximum Gasteiger partial charge on any atom is 0.321 e. The number of nitrogens with zero attached hydrogens (tertiary/aromatic N) is 3. The molecule has 2 aromatic heterocycles. The molecule has 1 fully saturated rings. The predicted octanol–water partition coefficient (Wildman–Crippen LogP) is 2.71. The lowest BCUT2D eigenvalue weighted by atomic mass is 9.96. The van der Waals surface area contributed by atoms with Crippen molar-refractivity contribution >= 4 is 23.7 Å². The molecule has 0 saturated heterocycles. The average molecular weight is 377 g/mol. The van der Waals surface area contributed by atoms with Crippen molar-refractivity contribution in [3.63, 3.8) is 0 Å². The first-order chi connectivity index (χ1) is 12.5. The fraction of sp³-hybridized carbons (Fsp3) is 0.529. The van der Waals surface area contributed by atoms with E-state index >= 15 is 0 Å². The summed E-state index contributed by atoms with van der Waals surface area (Å²) in [6, 6.07) is 3.31. The molecule has 3 amide bonds. The van der Waals surface area contributed by atoms with Gasteiger partial charge in [-0.2, -0.15) is 0 Å². The van der Waals surface area contributed by atoms with E-state index in [-0.39, 0.29) is 11.9 Å². The van der Waals surface area contributed by atoms with Crippen LogP contribution in [-0.4, -0.2) is 38.0 Å². The topological polar surface area (TPSA) is 102 Å². The minimum Gasteiger partial charge on any atom is -0.461 e. The van der Waals surface area contributed by atoms with Gasteiger partial charge in [-0.3, -0.25) is 10.1 Å². The largest absolute Gasteiger partial charge is 0.461 e. The summed E-state index contributed by atoms with van der Waals surface area (Å²) < 4.78 is 7.09. The van der Waals surface area contributed by atoms with Crippen LogP contribution in [0.4, 0.5) is 4.79 Å². The predicted molar refractivity (Wildman–Crippen MR) is 97.6 cm³/mol. The average Bonchev–Trinajstić information content (AvgIpc) is 3.26. The Morgan fingerprint density at radius 2 is 2.08 bits per heavy atom. The summed E-state index contributed by atoms with van der Waals surface area (Å²) in [7, 11) is 1.81. The van der Waals surface area contributed by atoms with Crippen molar-refractivity contribution in [2.75, 3.05) is 0 Å². The van der Waals surface area contributed by atoms with Crippen LogP contribution in [0.1, 0.15) is 39.0 Å². The first-order valence-electron chi connectivity index (χ1n) is 8.76. The highest BCUT2D eigenvalue weighted by Gasteiger charge is 2.23. The van der Waals surface area contributed by atoms with Crippen molar-refractivity contribution in [2.24, 2.45) is 7.05 Å². The molecule has 0 bridgehead atoms. The Labute approximate surface area is 156 Å². The Morgan fingerprint density at radius 3 is 2.77 bits per heavy atom. The highest BCUT2D eigenvalue weighted by Crippen LogP contribution is 2.25. The molecule has 0 aliphatic heterocycles. The number of nitrogens with one attached hydrogen (secondary N) is 2. The molecule has 2 N–H and O–H groups in total. The van der Waals surface area contributed by atoms with Gasteiger partial charge in [-0.05, 0) is 31.9 Å². The van der Waals surface area contributed by atoms with E-state index in [9.17, 15) is 9.59 Å². The van der Waals surface area contributed by atoms with Crippen LogP contribution in [0.15, 0.2) is 28.0 Å². The fourth-order valence-corrected chi connectivity index (χ4v) is 3.75. The Kier molecular flexibility index (Phi) is 5.97. The Hall–Kier alpha value is -2.29. The van der Waals surface area contributed by atoms with E-state index in [4.69, 9.17) is 4.42 Å². The summed E-state index contributed by atoms with van der Waals surface area (Å²) in [5, 5.41) is 13.6. The van der Waals surface area contributed by atoms with Gasteiger partial charge in [0.05, 0.1) is 11.5 Å². The van der Waals surface area contributed by atoms with Crippen LogP contribution in [0.2, 0.25) is 0 Å². The summed E-state index contributed by atoms with van der Waals surface area (Å²) >= 11 is 1.24. The number of urea groups is 1. The van der Waals surface area contributed by atoms with Crippen molar-refractivity contribution in [3.8, 4) is 11.6 Å². The third-order valence-corrected chi connectivity index (χ3v) is 5.54. The van der Waals surface area contributed by atoms with Crippen molar-refractivity contribution in [2.45, 2.75) is 55.5 Å². The molecule has 0 aromatic carbocycles. The number of hydrogen-bond acceptors (Lipinski definition) is 6. The normalized spacial score (nSPS) is 16.2. The number of thioether (sulfide) groups is 1. The summed E-state index contributed by atoms with van der Waals surface area (Å²) in [5.74, 6) is 0.835. The fourth-order valence-electron chi connectivity index (χ4n) is 2.93. The second-order valence-electron chi connectivity index (χ2n) is 6.40. The van der Waals surface area contributed by atoms with E-state index in [1.54, 1.807) is 36.9 Å². The molecule has 0 unspecified atom stereocenters. The standard InChI is InChI=1S/C17H23N5O3S/c1-11(15(23)19-16(24)18-12-7-4-3-5-8-12)26-17-21-20-14(22(17)2)13-9-6-10-25-13/h6,9-12H,3-5,7-8H2,1-2H3,(H2,18,19,23,24)/t11-/m1/s1. The van der Waals surface area contributed by atoms with Gasteiger partial charge in [-0.15, -0.1) is 10.2 Å². The molecule has 1 aliphatic rings. The van der Waals surface area contributed by atoms with Gasteiger partial charge in [0.1, 0.15) is 0 Å². The summed E-state index contributed by atoms with van der Waals surface area (Å²) in [5.41, 5.74) is 0. The van der Waals surface area contributed by atoms with E-state index in [0.717, 1.165) is 25.7 Å². The van der Waals surface area contributed by atoms with Crippen molar-refractivity contribution in [3.05, 3.63) is 18.4 Å². The van der Waals surface area contributed by atoms with Crippen LogP contribution in [0, 0.1) is 0 Å². The first kappa shape index (κ1) is 18.5. The third kappa shape index (κ3) is 4.46. The zero-order valence-corrected chi connectivity index (χ0v) is 15.7. The lowest BCUT2D eigenvalue weighted by Gasteiger charge is -2.23. The highest BCUT2D eigenvalue weighted by molar-refractivity contribution is 8.00. The van der Waals surface area contributed by atoms with Gasteiger partial charge in [0.15, 0.2) is 16.7 Å². The molecule has 2 heterocycles. The second-order valence-corrected chi connectivity index (χ2v) is 7.71. The van der Waals surface area contributed by atoms with Crippen LogP contribution in [0.5, 0.6) is 0 Å². The number of carbonyl (C=O) groups excluding carboxylic acids is 2. The minimum absolute atomic E-state index is 0.161. The number of furan rings is 1. The van der Waals surface area contributed by atoms with Crippen LogP contribution in [0.3, 0.4) is 0 Å². The van der Waals surface area contributed by atoms with Crippen molar-refractivity contribution < 1.29 is 14.0 Å². The number of imide groups is 1. The second kappa shape index (κ2) is 8.39. The highest BCUT2D eigenvalue weighted by atomic mass is 32.2. The van der Waals surface area contributed by atoms with E-state index in [1.165, 1.54) is 18.2 Å². The maximum absolute atomic E-state index is 12.3. The Morgan fingerprint density at radius 1 is 1.31 bits per heavy atom. The molecule has 0 spiro atoms. The van der Waals surface area contributed by atoms with Gasteiger partial charge in [-0.1, -0.05) is 31.0 Å². The lowest BCUT2D eigenvalue weighted by molar-refractivity contribution is -0.119. The molecule has 1 aliphatic carbocycles. The molecule has 1 atom stereocenters. The SMILES string of the molecule is C[C@@H](Sc1nnc(-c2ccco2)n1C)C(=O)NC(=O)NC1CCCCC1. The molecule has 140 valence electrons. The Bertz CT molecular complexity index is 753. The summed E-state index contributed by atoms with van der Waals surface area (Å²) in [4.78, 5) is 24.3. The van der Waals surface area contributed by atoms with Gasteiger partial charge in [-0.25, -0.2) is 4.79 Å². The van der Waals surface area contributed by atoms with E-state index in [0.29, 0.717) is 16.7 Å². The quantitative estimate of drug-likeness (QED) is 0.777. The van der Waals surface area contributed by atoms with Gasteiger partial charge < -0.3 is 14.3 Å². The number of rotatable bonds is 5. The number of hydrogen-bond donors (Lipinski definition) is 2. The maximum atomic E-state index is 12.3.